The van der Waals surface area contributed by atoms with Crippen molar-refractivity contribution in [3.05, 3.63) is 0 Å². The highest BCUT2D eigenvalue weighted by Gasteiger charge is 2.49. The molecule has 8 nitrogen and oxygen atoms in total. The molecule has 1 heterocycles. The van der Waals surface area contributed by atoms with Gasteiger partial charge in [0.05, 0.1) is 6.61 Å². The first-order valence-corrected chi connectivity index (χ1v) is 5.20. The number of ether oxygens (including phenoxy) is 1. The number of aliphatic hydroxyl groups is 3. The van der Waals surface area contributed by atoms with Gasteiger partial charge in [0.25, 0.3) is 0 Å². The van der Waals surface area contributed by atoms with Crippen molar-refractivity contribution in [3.63, 3.8) is 0 Å². The maximum absolute atomic E-state index is 10.3. The topological polar surface area (TPSA) is 137 Å². The van der Waals surface area contributed by atoms with E-state index in [0.29, 0.717) is 0 Å². The molecular formula is C5H11O8P. The highest BCUT2D eigenvalue weighted by atomic mass is 31.2. The predicted molar refractivity (Wildman–Crippen MR) is 40.9 cm³/mol. The van der Waals surface area contributed by atoms with Crippen molar-refractivity contribution >= 4 is 7.82 Å². The van der Waals surface area contributed by atoms with Gasteiger partial charge in [-0.05, 0) is 0 Å². The molecule has 84 valence electrons. The zero-order chi connectivity index (χ0) is 11.0. The monoisotopic (exact) mass is 230 g/mol. The maximum Gasteiger partial charge on any atom is 0.469 e. The van der Waals surface area contributed by atoms with Gasteiger partial charge in [0.15, 0.2) is 0 Å². The Morgan fingerprint density at radius 3 is 2.43 bits per heavy atom. The Bertz CT molecular complexity index is 250. The fourth-order valence-electron chi connectivity index (χ4n) is 1.01. The molecule has 0 aliphatic carbocycles. The van der Waals surface area contributed by atoms with Crippen molar-refractivity contribution < 1.29 is 38.9 Å². The second-order valence-electron chi connectivity index (χ2n) is 2.93. The molecule has 1 aliphatic heterocycles. The van der Waals surface area contributed by atoms with Crippen LogP contribution in [0.15, 0.2) is 0 Å². The maximum atomic E-state index is 10.3. The Balaban J connectivity index is 2.55. The lowest BCUT2D eigenvalue weighted by molar-refractivity contribution is -0.231. The second-order valence-corrected chi connectivity index (χ2v) is 4.17. The van der Waals surface area contributed by atoms with Crippen LogP contribution >= 0.6 is 7.82 Å². The van der Waals surface area contributed by atoms with Gasteiger partial charge in [-0.15, -0.1) is 0 Å². The Labute approximate surface area is 78.9 Å². The summed E-state index contributed by atoms with van der Waals surface area (Å²) in [7, 11) is -4.74. The lowest BCUT2D eigenvalue weighted by Crippen LogP contribution is -2.46. The zero-order valence-electron chi connectivity index (χ0n) is 6.98. The van der Waals surface area contributed by atoms with Gasteiger partial charge in [-0.2, -0.15) is 0 Å². The molecule has 0 radical (unpaired) electrons. The summed E-state index contributed by atoms with van der Waals surface area (Å²) >= 11 is 0. The van der Waals surface area contributed by atoms with Crippen LogP contribution in [0.5, 0.6) is 0 Å². The molecule has 0 spiro atoms. The van der Waals surface area contributed by atoms with Crippen LogP contribution in [0.25, 0.3) is 0 Å². The molecule has 1 saturated heterocycles. The summed E-state index contributed by atoms with van der Waals surface area (Å²) in [6, 6.07) is 0. The van der Waals surface area contributed by atoms with E-state index in [4.69, 9.17) is 20.0 Å². The third kappa shape index (κ3) is 2.72. The summed E-state index contributed by atoms with van der Waals surface area (Å²) in [4.78, 5) is 16.6. The minimum atomic E-state index is -4.74. The fraction of sp³-hybridized carbons (Fsp3) is 1.00. The van der Waals surface area contributed by atoms with Gasteiger partial charge >= 0.3 is 7.82 Å². The molecule has 1 aliphatic rings. The van der Waals surface area contributed by atoms with Crippen LogP contribution < -0.4 is 0 Å². The quantitative estimate of drug-likeness (QED) is 0.336. The first kappa shape index (κ1) is 12.0. The van der Waals surface area contributed by atoms with E-state index in [-0.39, 0.29) is 6.61 Å². The standard InChI is InChI=1S/C5H11O8P/c6-3-1-12-5(8,4(3)7)2-13-14(9,10)11/h3-4,6-8H,1-2H2,(H2,9,10,11)/t3-,4-,5-/m1/s1. The van der Waals surface area contributed by atoms with Crippen molar-refractivity contribution in [1.29, 1.82) is 0 Å². The molecular weight excluding hydrogens is 219 g/mol. The molecule has 0 bridgehead atoms. The Hall–Kier alpha value is -0.0500. The van der Waals surface area contributed by atoms with Gasteiger partial charge in [0.2, 0.25) is 5.79 Å². The SMILES string of the molecule is O=P(O)(O)OC[C@@]1(O)OC[C@@H](O)[C@H]1O. The van der Waals surface area contributed by atoms with Gasteiger partial charge < -0.3 is 29.8 Å². The summed E-state index contributed by atoms with van der Waals surface area (Å²) in [6.45, 7) is -1.25. The molecule has 0 aromatic heterocycles. The molecule has 5 N–H and O–H groups in total. The van der Waals surface area contributed by atoms with E-state index >= 15 is 0 Å². The van der Waals surface area contributed by atoms with Gasteiger partial charge in [-0.1, -0.05) is 0 Å². The number of hydrogen-bond donors (Lipinski definition) is 5. The van der Waals surface area contributed by atoms with E-state index in [1.54, 1.807) is 0 Å². The van der Waals surface area contributed by atoms with E-state index in [1.165, 1.54) is 0 Å². The second kappa shape index (κ2) is 3.84. The number of phosphoric ester groups is 1. The summed E-state index contributed by atoms with van der Waals surface area (Å²) < 4.78 is 18.8. The zero-order valence-corrected chi connectivity index (χ0v) is 7.87. The van der Waals surface area contributed by atoms with Crippen molar-refractivity contribution in [2.45, 2.75) is 18.0 Å². The third-order valence-electron chi connectivity index (χ3n) is 1.77. The molecule has 0 amide bonds. The Morgan fingerprint density at radius 2 is 2.07 bits per heavy atom. The molecule has 1 fully saturated rings. The summed E-state index contributed by atoms with van der Waals surface area (Å²) in [5, 5.41) is 27.5. The first-order valence-electron chi connectivity index (χ1n) is 3.67. The van der Waals surface area contributed by atoms with E-state index in [2.05, 4.69) is 9.26 Å². The molecule has 0 saturated carbocycles. The highest BCUT2D eigenvalue weighted by molar-refractivity contribution is 7.46. The van der Waals surface area contributed by atoms with E-state index in [0.717, 1.165) is 0 Å². The van der Waals surface area contributed by atoms with Gasteiger partial charge in [-0.25, -0.2) is 4.57 Å². The van der Waals surface area contributed by atoms with Crippen LogP contribution in [0.4, 0.5) is 0 Å². The lowest BCUT2D eigenvalue weighted by Gasteiger charge is -2.25. The van der Waals surface area contributed by atoms with Gasteiger partial charge in [0, 0.05) is 0 Å². The predicted octanol–water partition coefficient (Wildman–Crippen LogP) is -2.46. The van der Waals surface area contributed by atoms with Crippen molar-refractivity contribution in [2.24, 2.45) is 0 Å². The van der Waals surface area contributed by atoms with Crippen LogP contribution in [0.1, 0.15) is 0 Å². The van der Waals surface area contributed by atoms with E-state index < -0.39 is 32.4 Å². The molecule has 0 aromatic rings. The summed E-state index contributed by atoms with van der Waals surface area (Å²) in [6.07, 6.45) is -2.96. The smallest absolute Gasteiger partial charge is 0.388 e. The van der Waals surface area contributed by atoms with Crippen LogP contribution in [-0.2, 0) is 13.8 Å². The first-order chi connectivity index (χ1) is 6.25. The average Bonchev–Trinajstić information content (AvgIpc) is 2.30. The van der Waals surface area contributed by atoms with Crippen molar-refractivity contribution in [3.8, 4) is 0 Å². The van der Waals surface area contributed by atoms with Crippen molar-refractivity contribution in [2.75, 3.05) is 13.2 Å². The third-order valence-corrected chi connectivity index (χ3v) is 2.24. The fourth-order valence-corrected chi connectivity index (χ4v) is 1.36. The number of rotatable bonds is 3. The average molecular weight is 230 g/mol. The largest absolute Gasteiger partial charge is 0.469 e. The number of hydrogen-bond acceptors (Lipinski definition) is 6. The minimum Gasteiger partial charge on any atom is -0.388 e. The highest BCUT2D eigenvalue weighted by Crippen LogP contribution is 2.38. The van der Waals surface area contributed by atoms with Gasteiger partial charge in [-0.3, -0.25) is 4.52 Å². The molecule has 0 aromatic carbocycles. The summed E-state index contributed by atoms with van der Waals surface area (Å²) in [5.74, 6) is -2.28. The molecule has 14 heavy (non-hydrogen) atoms. The molecule has 1 rings (SSSR count). The number of aliphatic hydroxyl groups excluding tert-OH is 2. The molecule has 0 unspecified atom stereocenters. The summed E-state index contributed by atoms with van der Waals surface area (Å²) in [5.41, 5.74) is 0. The van der Waals surface area contributed by atoms with Gasteiger partial charge in [0.1, 0.15) is 18.8 Å². The van der Waals surface area contributed by atoms with Crippen LogP contribution in [0, 0.1) is 0 Å². The van der Waals surface area contributed by atoms with Crippen LogP contribution in [0.3, 0.4) is 0 Å². The minimum absolute atomic E-state index is 0.331. The Kier molecular flexibility index (Phi) is 3.30. The van der Waals surface area contributed by atoms with Crippen LogP contribution in [-0.4, -0.2) is 56.3 Å². The molecule has 3 atom stereocenters. The normalized spacial score (nSPS) is 38.9. The lowest BCUT2D eigenvalue weighted by atomic mass is 10.1. The van der Waals surface area contributed by atoms with E-state index in [9.17, 15) is 9.67 Å². The van der Waals surface area contributed by atoms with E-state index in [1.807, 2.05) is 0 Å². The molecule has 9 heteroatoms. The Morgan fingerprint density at radius 1 is 1.50 bits per heavy atom. The van der Waals surface area contributed by atoms with Crippen LogP contribution in [0.2, 0.25) is 0 Å². The van der Waals surface area contributed by atoms with Crippen molar-refractivity contribution in [1.82, 2.24) is 0 Å². The number of phosphoric acid groups is 1.